The zero-order chi connectivity index (χ0) is 32.3. The van der Waals surface area contributed by atoms with Crippen molar-refractivity contribution in [2.45, 2.75) is 24.7 Å². The molecule has 0 spiro atoms. The van der Waals surface area contributed by atoms with Crippen LogP contribution < -0.4 is 10.2 Å². The zero-order valence-electron chi connectivity index (χ0n) is 26.6. The van der Waals surface area contributed by atoms with E-state index in [2.05, 4.69) is 47.6 Å². The standard InChI is InChI=1S/C40H38N2O5/c1-41-33-18-11-28(12-19-33)4-3-26-9-16-31(17-10-26)40(44)47-36-25-46-38-34(24-45-39(36)38)37(43)30-14-7-27(8-15-30)5-6-29-13-20-35-32(23-29)21-22-42(35)2/h3-20,23,34,36,38-39,41H,21-22,24-25H2,1-2H3/b4-3+,6-5+. The van der Waals surface area contributed by atoms with E-state index in [1.165, 1.54) is 16.8 Å². The van der Waals surface area contributed by atoms with Gasteiger partial charge in [-0.3, -0.25) is 4.79 Å². The lowest BCUT2D eigenvalue weighted by Crippen LogP contribution is -2.34. The molecule has 7 heteroatoms. The first-order valence-electron chi connectivity index (χ1n) is 16.1. The summed E-state index contributed by atoms with van der Waals surface area (Å²) < 4.78 is 17.8. The Bertz CT molecular complexity index is 1810. The molecule has 4 aromatic carbocycles. The van der Waals surface area contributed by atoms with Gasteiger partial charge in [0.15, 0.2) is 11.9 Å². The lowest BCUT2D eigenvalue weighted by molar-refractivity contribution is -0.0158. The molecular formula is C40H38N2O5. The van der Waals surface area contributed by atoms with Crippen molar-refractivity contribution in [3.05, 3.63) is 130 Å². The van der Waals surface area contributed by atoms with Crippen molar-refractivity contribution in [3.8, 4) is 0 Å². The molecule has 2 fully saturated rings. The fourth-order valence-corrected chi connectivity index (χ4v) is 6.53. The molecule has 0 saturated carbocycles. The molecule has 0 radical (unpaired) electrons. The second kappa shape index (κ2) is 13.4. The molecular weight excluding hydrogens is 588 g/mol. The summed E-state index contributed by atoms with van der Waals surface area (Å²) in [6.45, 7) is 1.49. The largest absolute Gasteiger partial charge is 0.453 e. The summed E-state index contributed by atoms with van der Waals surface area (Å²) in [4.78, 5) is 28.7. The Labute approximate surface area is 275 Å². The van der Waals surface area contributed by atoms with E-state index in [9.17, 15) is 9.59 Å². The molecule has 3 aliphatic rings. The van der Waals surface area contributed by atoms with Crippen molar-refractivity contribution in [2.75, 3.05) is 44.1 Å². The number of anilines is 2. The fourth-order valence-electron chi connectivity index (χ4n) is 6.53. The highest BCUT2D eigenvalue weighted by Crippen LogP contribution is 2.35. The molecule has 4 atom stereocenters. The van der Waals surface area contributed by atoms with Crippen LogP contribution in [0.25, 0.3) is 24.3 Å². The summed E-state index contributed by atoms with van der Waals surface area (Å²) in [7, 11) is 4.02. The van der Waals surface area contributed by atoms with Crippen LogP contribution in [0.3, 0.4) is 0 Å². The number of hydrogen-bond donors (Lipinski definition) is 1. The van der Waals surface area contributed by atoms with Gasteiger partial charge in [0, 0.05) is 37.6 Å². The number of fused-ring (bicyclic) bond motifs is 2. The van der Waals surface area contributed by atoms with Crippen LogP contribution in [0.15, 0.2) is 91.0 Å². The van der Waals surface area contributed by atoms with E-state index in [0.29, 0.717) is 11.1 Å². The van der Waals surface area contributed by atoms with Gasteiger partial charge in [-0.2, -0.15) is 0 Å². The molecule has 2 saturated heterocycles. The molecule has 0 bridgehead atoms. The Morgan fingerprint density at radius 3 is 1.98 bits per heavy atom. The third kappa shape index (κ3) is 6.64. The topological polar surface area (TPSA) is 77.1 Å². The van der Waals surface area contributed by atoms with E-state index in [1.807, 2.05) is 79.9 Å². The van der Waals surface area contributed by atoms with Gasteiger partial charge >= 0.3 is 5.97 Å². The molecule has 1 N–H and O–H groups in total. The summed E-state index contributed by atoms with van der Waals surface area (Å²) in [5, 5.41) is 3.11. The molecule has 4 aromatic rings. The molecule has 238 valence electrons. The minimum absolute atomic E-state index is 0.0237. The average Bonchev–Trinajstić information content (AvgIpc) is 3.82. The molecule has 0 aliphatic carbocycles. The van der Waals surface area contributed by atoms with Crippen LogP contribution in [0.4, 0.5) is 11.4 Å². The molecule has 3 heterocycles. The van der Waals surface area contributed by atoms with E-state index in [0.717, 1.165) is 35.3 Å². The van der Waals surface area contributed by atoms with Crippen LogP contribution in [-0.2, 0) is 20.6 Å². The summed E-state index contributed by atoms with van der Waals surface area (Å²) in [6.07, 6.45) is 7.78. The Morgan fingerprint density at radius 1 is 0.745 bits per heavy atom. The van der Waals surface area contributed by atoms with Gasteiger partial charge in [0.2, 0.25) is 0 Å². The Balaban J connectivity index is 0.925. The third-order valence-corrected chi connectivity index (χ3v) is 9.31. The quantitative estimate of drug-likeness (QED) is 0.123. The molecule has 0 amide bonds. The molecule has 47 heavy (non-hydrogen) atoms. The number of nitrogens with one attached hydrogen (secondary N) is 1. The minimum Gasteiger partial charge on any atom is -0.453 e. The number of carbonyl (C=O) groups is 2. The van der Waals surface area contributed by atoms with E-state index < -0.39 is 30.2 Å². The number of nitrogens with zero attached hydrogens (tertiary/aromatic N) is 1. The number of hydrogen-bond acceptors (Lipinski definition) is 7. The van der Waals surface area contributed by atoms with Crippen molar-refractivity contribution in [1.82, 2.24) is 0 Å². The lowest BCUT2D eigenvalue weighted by Gasteiger charge is -2.17. The van der Waals surface area contributed by atoms with Gasteiger partial charge in [-0.1, -0.05) is 78.9 Å². The van der Waals surface area contributed by atoms with Crippen LogP contribution in [-0.4, -0.2) is 63.9 Å². The number of ketones is 1. The minimum atomic E-state index is -0.572. The molecule has 3 aliphatic heterocycles. The number of likely N-dealkylation sites (N-methyl/N-ethyl adjacent to an activating group) is 1. The SMILES string of the molecule is CNc1ccc(/C=C/c2ccc(C(=O)OC3COC4C(C(=O)c5ccc(/C=C/c6ccc7c(c6)CCN7C)cc5)COC34)cc2)cc1. The molecule has 7 nitrogen and oxygen atoms in total. The number of Topliss-reactive ketones (excluding diaryl/α,β-unsaturated/α-hetero) is 1. The number of carbonyl (C=O) groups excluding carboxylic acids is 2. The number of ether oxygens (including phenoxy) is 3. The number of esters is 1. The summed E-state index contributed by atoms with van der Waals surface area (Å²) in [5.41, 5.74) is 9.05. The smallest absolute Gasteiger partial charge is 0.338 e. The second-order valence-corrected chi connectivity index (χ2v) is 12.4. The van der Waals surface area contributed by atoms with Gasteiger partial charge in [-0.25, -0.2) is 4.79 Å². The maximum Gasteiger partial charge on any atom is 0.338 e. The van der Waals surface area contributed by atoms with Gasteiger partial charge < -0.3 is 24.4 Å². The fraction of sp³-hybridized carbons (Fsp3) is 0.250. The van der Waals surface area contributed by atoms with Crippen LogP contribution >= 0.6 is 0 Å². The zero-order valence-corrected chi connectivity index (χ0v) is 26.6. The van der Waals surface area contributed by atoms with Gasteiger partial charge in [0.1, 0.15) is 6.10 Å². The first kappa shape index (κ1) is 30.7. The maximum absolute atomic E-state index is 13.5. The van der Waals surface area contributed by atoms with Crippen molar-refractivity contribution in [2.24, 2.45) is 5.92 Å². The van der Waals surface area contributed by atoms with Gasteiger partial charge in [-0.05, 0) is 70.6 Å². The van der Waals surface area contributed by atoms with Crippen LogP contribution in [0.5, 0.6) is 0 Å². The van der Waals surface area contributed by atoms with Crippen molar-refractivity contribution in [1.29, 1.82) is 0 Å². The van der Waals surface area contributed by atoms with Crippen LogP contribution in [0.2, 0.25) is 0 Å². The monoisotopic (exact) mass is 626 g/mol. The van der Waals surface area contributed by atoms with E-state index >= 15 is 0 Å². The lowest BCUT2D eigenvalue weighted by atomic mass is 9.92. The Hall–Kier alpha value is -4.98. The van der Waals surface area contributed by atoms with E-state index in [4.69, 9.17) is 14.2 Å². The number of benzene rings is 4. The number of rotatable bonds is 9. The average molecular weight is 627 g/mol. The molecule has 7 rings (SSSR count). The highest BCUT2D eigenvalue weighted by molar-refractivity contribution is 5.99. The van der Waals surface area contributed by atoms with Crippen molar-refractivity contribution >= 4 is 47.4 Å². The third-order valence-electron chi connectivity index (χ3n) is 9.31. The molecule has 0 aromatic heterocycles. The van der Waals surface area contributed by atoms with Gasteiger partial charge in [-0.15, -0.1) is 0 Å². The predicted molar refractivity (Wildman–Crippen MR) is 187 cm³/mol. The Morgan fingerprint density at radius 2 is 1.32 bits per heavy atom. The predicted octanol–water partition coefficient (Wildman–Crippen LogP) is 6.88. The van der Waals surface area contributed by atoms with E-state index in [-0.39, 0.29) is 19.0 Å². The molecule has 4 unspecified atom stereocenters. The second-order valence-electron chi connectivity index (χ2n) is 12.4. The highest BCUT2D eigenvalue weighted by Gasteiger charge is 2.51. The van der Waals surface area contributed by atoms with Gasteiger partial charge in [0.05, 0.1) is 30.8 Å². The first-order chi connectivity index (χ1) is 22.9. The first-order valence-corrected chi connectivity index (χ1v) is 16.1. The normalized spacial score (nSPS) is 21.7. The maximum atomic E-state index is 13.5. The van der Waals surface area contributed by atoms with Gasteiger partial charge in [0.25, 0.3) is 0 Å². The Kier molecular flexibility index (Phi) is 8.74. The van der Waals surface area contributed by atoms with Crippen LogP contribution in [0.1, 0.15) is 48.5 Å². The van der Waals surface area contributed by atoms with Crippen molar-refractivity contribution < 1.29 is 23.8 Å². The van der Waals surface area contributed by atoms with E-state index in [1.54, 1.807) is 12.1 Å². The highest BCUT2D eigenvalue weighted by atomic mass is 16.6. The summed E-state index contributed by atoms with van der Waals surface area (Å²) in [6, 6.07) is 29.6. The van der Waals surface area contributed by atoms with Crippen LogP contribution in [0, 0.1) is 5.92 Å². The van der Waals surface area contributed by atoms with Crippen molar-refractivity contribution in [3.63, 3.8) is 0 Å². The summed E-state index contributed by atoms with van der Waals surface area (Å²) >= 11 is 0. The summed E-state index contributed by atoms with van der Waals surface area (Å²) in [5.74, 6) is -0.911.